The summed E-state index contributed by atoms with van der Waals surface area (Å²) in [6, 6.07) is 8.07. The van der Waals surface area contributed by atoms with Gasteiger partial charge in [0.2, 0.25) is 0 Å². The molecule has 0 radical (unpaired) electrons. The van der Waals surface area contributed by atoms with E-state index in [1.54, 1.807) is 12.1 Å². The lowest BCUT2D eigenvalue weighted by Gasteiger charge is -2.35. The summed E-state index contributed by atoms with van der Waals surface area (Å²) in [4.78, 5) is 13.6. The van der Waals surface area contributed by atoms with Crippen molar-refractivity contribution in [1.29, 1.82) is 0 Å². The third-order valence-electron chi connectivity index (χ3n) is 4.07. The largest absolute Gasteiger partial charge is 0.370 e. The van der Waals surface area contributed by atoms with Crippen molar-refractivity contribution < 1.29 is 22.7 Å². The summed E-state index contributed by atoms with van der Waals surface area (Å²) < 4.78 is 46.2. The predicted molar refractivity (Wildman–Crippen MR) is 83.7 cm³/mol. The second-order valence-electron chi connectivity index (χ2n) is 5.67. The Morgan fingerprint density at radius 1 is 1.12 bits per heavy atom. The van der Waals surface area contributed by atoms with E-state index in [-0.39, 0.29) is 11.3 Å². The molecule has 0 N–H and O–H groups in total. The zero-order valence-electron chi connectivity index (χ0n) is 13.1. The smallest absolute Gasteiger partial charge is 0.164 e. The fraction of sp³-hybridized carbons (Fsp3) is 0.278. The van der Waals surface area contributed by atoms with Crippen molar-refractivity contribution in [2.45, 2.75) is 13.0 Å². The van der Waals surface area contributed by atoms with Crippen molar-refractivity contribution in [3.8, 4) is 0 Å². The van der Waals surface area contributed by atoms with Gasteiger partial charge in [0, 0.05) is 13.1 Å². The summed E-state index contributed by atoms with van der Waals surface area (Å²) in [5, 5.41) is 0. The Kier molecular flexibility index (Phi) is 4.57. The lowest BCUT2D eigenvalue weighted by molar-refractivity contribution is 0.0394. The molecule has 0 saturated carbocycles. The van der Waals surface area contributed by atoms with Gasteiger partial charge in [-0.3, -0.25) is 4.79 Å². The molecular weight excluding hydrogens is 319 g/mol. The van der Waals surface area contributed by atoms with E-state index in [1.165, 1.54) is 19.1 Å². The Balaban J connectivity index is 1.90. The minimum Gasteiger partial charge on any atom is -0.370 e. The van der Waals surface area contributed by atoms with Gasteiger partial charge >= 0.3 is 0 Å². The van der Waals surface area contributed by atoms with Crippen molar-refractivity contribution in [3.63, 3.8) is 0 Å². The van der Waals surface area contributed by atoms with E-state index < -0.39 is 23.6 Å². The molecule has 1 atom stereocenters. The van der Waals surface area contributed by atoms with Gasteiger partial charge in [-0.05, 0) is 36.8 Å². The van der Waals surface area contributed by atoms with E-state index in [2.05, 4.69) is 0 Å². The average Bonchev–Trinajstić information content (AvgIpc) is 2.57. The quantitative estimate of drug-likeness (QED) is 0.797. The van der Waals surface area contributed by atoms with Crippen molar-refractivity contribution in [2.75, 3.05) is 24.6 Å². The van der Waals surface area contributed by atoms with Crippen LogP contribution in [0.1, 0.15) is 28.9 Å². The summed E-state index contributed by atoms with van der Waals surface area (Å²) in [6.45, 7) is 2.44. The zero-order valence-corrected chi connectivity index (χ0v) is 13.1. The minimum absolute atomic E-state index is 0.0310. The first kappa shape index (κ1) is 16.5. The van der Waals surface area contributed by atoms with Crippen molar-refractivity contribution in [3.05, 3.63) is 65.0 Å². The average molecular weight is 335 g/mol. The van der Waals surface area contributed by atoms with Crippen LogP contribution >= 0.6 is 0 Å². The molecule has 0 aromatic heterocycles. The number of morpholine rings is 1. The molecule has 0 bridgehead atoms. The Hall–Kier alpha value is -2.34. The fourth-order valence-electron chi connectivity index (χ4n) is 2.91. The van der Waals surface area contributed by atoms with Crippen LogP contribution in [0.25, 0.3) is 0 Å². The summed E-state index contributed by atoms with van der Waals surface area (Å²) in [6.07, 6.45) is -0.489. The number of halogens is 3. The first-order valence-corrected chi connectivity index (χ1v) is 7.58. The van der Waals surface area contributed by atoms with Gasteiger partial charge in [-0.2, -0.15) is 0 Å². The molecule has 3 rings (SSSR count). The van der Waals surface area contributed by atoms with E-state index in [9.17, 15) is 18.0 Å². The number of nitrogens with zero attached hydrogens (tertiary/aromatic N) is 1. The fourth-order valence-corrected chi connectivity index (χ4v) is 2.91. The molecule has 0 amide bonds. The summed E-state index contributed by atoms with van der Waals surface area (Å²) in [7, 11) is 0. The SMILES string of the molecule is CC(=O)c1c(F)cccc1N1CCOC(c2ccc(F)c(F)c2)C1. The highest BCUT2D eigenvalue weighted by Gasteiger charge is 2.26. The van der Waals surface area contributed by atoms with Gasteiger partial charge in [-0.1, -0.05) is 12.1 Å². The number of carbonyl (C=O) groups is 1. The molecule has 0 aliphatic carbocycles. The number of ketones is 1. The van der Waals surface area contributed by atoms with Crippen LogP contribution in [-0.2, 0) is 4.74 Å². The van der Waals surface area contributed by atoms with E-state index in [1.807, 2.05) is 4.90 Å². The third-order valence-corrected chi connectivity index (χ3v) is 4.07. The van der Waals surface area contributed by atoms with Crippen molar-refractivity contribution >= 4 is 11.5 Å². The van der Waals surface area contributed by atoms with E-state index >= 15 is 0 Å². The lowest BCUT2D eigenvalue weighted by Crippen LogP contribution is -2.39. The maximum atomic E-state index is 14.0. The highest BCUT2D eigenvalue weighted by atomic mass is 19.2. The minimum atomic E-state index is -0.941. The van der Waals surface area contributed by atoms with Gasteiger partial charge in [0.25, 0.3) is 0 Å². The summed E-state index contributed by atoms with van der Waals surface area (Å²) >= 11 is 0. The van der Waals surface area contributed by atoms with Crippen molar-refractivity contribution in [1.82, 2.24) is 0 Å². The number of hydrogen-bond acceptors (Lipinski definition) is 3. The Morgan fingerprint density at radius 3 is 2.62 bits per heavy atom. The molecule has 0 spiro atoms. The predicted octanol–water partition coefficient (Wildman–Crippen LogP) is 3.88. The molecule has 126 valence electrons. The monoisotopic (exact) mass is 335 g/mol. The first-order chi connectivity index (χ1) is 11.5. The highest BCUT2D eigenvalue weighted by molar-refractivity contribution is 6.00. The molecule has 1 heterocycles. The van der Waals surface area contributed by atoms with Crippen LogP contribution in [0.4, 0.5) is 18.9 Å². The third kappa shape index (κ3) is 3.14. The Labute approximate surface area is 137 Å². The second kappa shape index (κ2) is 6.65. The lowest BCUT2D eigenvalue weighted by atomic mass is 10.0. The molecule has 1 saturated heterocycles. The van der Waals surface area contributed by atoms with E-state index in [0.29, 0.717) is 30.9 Å². The molecule has 1 aliphatic heterocycles. The Bertz CT molecular complexity index is 779. The maximum absolute atomic E-state index is 14.0. The standard InChI is InChI=1S/C18H16F3NO2/c1-11(23)18-14(20)3-2-4-16(18)22-7-8-24-17(10-22)12-5-6-13(19)15(21)9-12/h2-6,9,17H,7-8,10H2,1H3. The highest BCUT2D eigenvalue weighted by Crippen LogP contribution is 2.30. The zero-order chi connectivity index (χ0) is 17.3. The van der Waals surface area contributed by atoms with Crippen LogP contribution in [0.5, 0.6) is 0 Å². The Morgan fingerprint density at radius 2 is 1.92 bits per heavy atom. The molecule has 2 aromatic carbocycles. The molecule has 1 fully saturated rings. The normalized spacial score (nSPS) is 17.8. The number of hydrogen-bond donors (Lipinski definition) is 0. The van der Waals surface area contributed by atoms with Crippen LogP contribution < -0.4 is 4.90 Å². The van der Waals surface area contributed by atoms with Gasteiger partial charge in [-0.25, -0.2) is 13.2 Å². The van der Waals surface area contributed by atoms with Gasteiger partial charge < -0.3 is 9.64 Å². The number of anilines is 1. The van der Waals surface area contributed by atoms with Crippen LogP contribution in [0.3, 0.4) is 0 Å². The number of benzene rings is 2. The topological polar surface area (TPSA) is 29.5 Å². The van der Waals surface area contributed by atoms with E-state index in [0.717, 1.165) is 12.1 Å². The van der Waals surface area contributed by atoms with Crippen LogP contribution in [0.15, 0.2) is 36.4 Å². The summed E-state index contributed by atoms with van der Waals surface area (Å²) in [5.41, 5.74) is 1.01. The molecule has 3 nitrogen and oxygen atoms in total. The van der Waals surface area contributed by atoms with Crippen LogP contribution in [0, 0.1) is 17.5 Å². The second-order valence-corrected chi connectivity index (χ2v) is 5.67. The van der Waals surface area contributed by atoms with Crippen molar-refractivity contribution in [2.24, 2.45) is 0 Å². The molecule has 1 aliphatic rings. The van der Waals surface area contributed by atoms with E-state index in [4.69, 9.17) is 4.74 Å². The maximum Gasteiger partial charge on any atom is 0.164 e. The van der Waals surface area contributed by atoms with Gasteiger partial charge in [0.05, 0.1) is 17.9 Å². The van der Waals surface area contributed by atoms with Crippen LogP contribution in [0.2, 0.25) is 0 Å². The molecule has 24 heavy (non-hydrogen) atoms. The molecule has 6 heteroatoms. The molecular formula is C18H16F3NO2. The first-order valence-electron chi connectivity index (χ1n) is 7.58. The van der Waals surface area contributed by atoms with Gasteiger partial charge in [0.1, 0.15) is 11.9 Å². The number of Topliss-reactive ketones (excluding diaryl/α,β-unsaturated/α-hetero) is 1. The molecule has 2 aromatic rings. The molecule has 1 unspecified atom stereocenters. The van der Waals surface area contributed by atoms with Gasteiger partial charge in [-0.15, -0.1) is 0 Å². The number of ether oxygens (including phenoxy) is 1. The number of carbonyl (C=O) groups excluding carboxylic acids is 1. The number of rotatable bonds is 3. The summed E-state index contributed by atoms with van der Waals surface area (Å²) in [5.74, 6) is -2.80. The van der Waals surface area contributed by atoms with Gasteiger partial charge in [0.15, 0.2) is 17.4 Å². The van der Waals surface area contributed by atoms with Crippen LogP contribution in [-0.4, -0.2) is 25.5 Å².